The molecule has 7 heteroatoms. The van der Waals surface area contributed by atoms with Gasteiger partial charge in [0.05, 0.1) is 24.2 Å². The van der Waals surface area contributed by atoms with Gasteiger partial charge in [-0.3, -0.25) is 0 Å². The van der Waals surface area contributed by atoms with E-state index in [-0.39, 0.29) is 10.1 Å². The third-order valence-corrected chi connectivity index (χ3v) is 7.24. The number of hydrogen-bond donors (Lipinski definition) is 0. The van der Waals surface area contributed by atoms with E-state index in [1.807, 2.05) is 0 Å². The van der Waals surface area contributed by atoms with Crippen LogP contribution in [0.5, 0.6) is 0 Å². The molecule has 3 rings (SSSR count). The molecular formula is C13H15ClINO3S. The molecule has 1 saturated heterocycles. The Bertz CT molecular complexity index is 588. The van der Waals surface area contributed by atoms with Crippen molar-refractivity contribution in [3.05, 3.63) is 29.3 Å². The van der Waals surface area contributed by atoms with E-state index in [0.29, 0.717) is 29.0 Å². The van der Waals surface area contributed by atoms with Gasteiger partial charge in [-0.2, -0.15) is 4.31 Å². The number of nitrogens with zero attached hydrogens (tertiary/aromatic N) is 1. The largest absolute Gasteiger partial charge is 0.377 e. The van der Waals surface area contributed by atoms with Crippen LogP contribution in [0.3, 0.4) is 0 Å². The highest BCUT2D eigenvalue weighted by atomic mass is 127. The Balaban J connectivity index is 1.96. The third-order valence-electron chi connectivity index (χ3n) is 3.70. The Morgan fingerprint density at radius 1 is 1.20 bits per heavy atom. The Morgan fingerprint density at radius 3 is 2.45 bits per heavy atom. The molecule has 0 bridgehead atoms. The highest BCUT2D eigenvalue weighted by Crippen LogP contribution is 2.41. The van der Waals surface area contributed by atoms with E-state index in [0.717, 1.165) is 12.8 Å². The van der Waals surface area contributed by atoms with Crippen molar-refractivity contribution >= 4 is 44.2 Å². The Morgan fingerprint density at radius 2 is 1.85 bits per heavy atom. The number of rotatable bonds is 3. The minimum absolute atomic E-state index is 0.0358. The van der Waals surface area contributed by atoms with Crippen LogP contribution in [-0.2, 0) is 14.8 Å². The first-order valence-corrected chi connectivity index (χ1v) is 9.57. The van der Waals surface area contributed by atoms with E-state index in [9.17, 15) is 8.42 Å². The summed E-state index contributed by atoms with van der Waals surface area (Å²) in [4.78, 5) is 0.302. The monoisotopic (exact) mass is 427 g/mol. The molecule has 2 atom stereocenters. The molecule has 1 heterocycles. The van der Waals surface area contributed by atoms with Crippen LogP contribution in [0.4, 0.5) is 0 Å². The minimum atomic E-state index is -3.49. The normalized spacial score (nSPS) is 28.5. The summed E-state index contributed by atoms with van der Waals surface area (Å²) in [6, 6.07) is 6.33. The van der Waals surface area contributed by atoms with E-state index in [1.165, 1.54) is 0 Å². The van der Waals surface area contributed by atoms with E-state index in [1.54, 1.807) is 28.6 Å². The van der Waals surface area contributed by atoms with Crippen LogP contribution in [0.15, 0.2) is 29.2 Å². The number of hydrogen-bond acceptors (Lipinski definition) is 3. The van der Waals surface area contributed by atoms with E-state index in [2.05, 4.69) is 22.6 Å². The second-order valence-corrected chi connectivity index (χ2v) is 8.88. The molecule has 1 aromatic carbocycles. The average molecular weight is 428 g/mol. The molecule has 0 radical (unpaired) electrons. The number of halogens is 2. The van der Waals surface area contributed by atoms with Gasteiger partial charge in [0.1, 0.15) is 4.05 Å². The van der Waals surface area contributed by atoms with Crippen molar-refractivity contribution in [3.63, 3.8) is 0 Å². The second-order valence-electron chi connectivity index (χ2n) is 5.17. The second kappa shape index (κ2) is 5.72. The van der Waals surface area contributed by atoms with Gasteiger partial charge in [-0.05, 0) is 43.0 Å². The van der Waals surface area contributed by atoms with Gasteiger partial charge in [0, 0.05) is 5.02 Å². The fourth-order valence-electron chi connectivity index (χ4n) is 2.52. The lowest BCUT2D eigenvalue weighted by Gasteiger charge is -2.38. The first kappa shape index (κ1) is 15.0. The van der Waals surface area contributed by atoms with Gasteiger partial charge in [-0.15, -0.1) is 0 Å². The zero-order valence-corrected chi connectivity index (χ0v) is 14.4. The summed E-state index contributed by atoms with van der Waals surface area (Å²) in [5, 5.41) is 0.538. The maximum Gasteiger partial charge on any atom is 0.244 e. The molecule has 1 aromatic rings. The molecule has 2 fully saturated rings. The number of morpholine rings is 1. The van der Waals surface area contributed by atoms with Crippen LogP contribution in [0.25, 0.3) is 0 Å². The van der Waals surface area contributed by atoms with Gasteiger partial charge in [-0.25, -0.2) is 8.42 Å². The van der Waals surface area contributed by atoms with Gasteiger partial charge in [-0.1, -0.05) is 34.2 Å². The van der Waals surface area contributed by atoms with Crippen molar-refractivity contribution in [2.24, 2.45) is 5.92 Å². The summed E-state index contributed by atoms with van der Waals surface area (Å²) >= 11 is 7.98. The zero-order valence-electron chi connectivity index (χ0n) is 10.7. The first-order valence-electron chi connectivity index (χ1n) is 6.51. The van der Waals surface area contributed by atoms with Gasteiger partial charge in [0.15, 0.2) is 0 Å². The Kier molecular flexibility index (Phi) is 4.29. The molecule has 4 nitrogen and oxygen atoms in total. The van der Waals surface area contributed by atoms with Crippen LogP contribution in [-0.4, -0.2) is 36.0 Å². The summed E-state index contributed by atoms with van der Waals surface area (Å²) < 4.78 is 32.8. The standard InChI is InChI=1S/C13H15ClINO3S/c14-10-3-5-11(6-4-10)20(17,18)16-12(9-1-2-9)7-19-8-13(16)15/h3-6,9,12-13H,1-2,7-8H2/t12-,13+/m0/s1. The smallest absolute Gasteiger partial charge is 0.244 e. The predicted molar refractivity (Wildman–Crippen MR) is 85.6 cm³/mol. The maximum absolute atomic E-state index is 12.9. The van der Waals surface area contributed by atoms with Crippen molar-refractivity contribution in [3.8, 4) is 0 Å². The van der Waals surface area contributed by atoms with E-state index >= 15 is 0 Å². The number of alkyl halides is 1. The Labute approximate surface area is 137 Å². The molecule has 2 aliphatic rings. The number of benzene rings is 1. The lowest BCUT2D eigenvalue weighted by molar-refractivity contribution is 0.0186. The maximum atomic E-state index is 12.9. The van der Waals surface area contributed by atoms with Crippen LogP contribution in [0.1, 0.15) is 12.8 Å². The van der Waals surface area contributed by atoms with Crippen LogP contribution in [0, 0.1) is 5.92 Å². The summed E-state index contributed by atoms with van der Waals surface area (Å²) in [5.41, 5.74) is 0. The molecule has 1 aliphatic carbocycles. The molecule has 0 aromatic heterocycles. The minimum Gasteiger partial charge on any atom is -0.377 e. The first-order chi connectivity index (χ1) is 9.50. The summed E-state index contributed by atoms with van der Waals surface area (Å²) in [7, 11) is -3.49. The molecule has 1 saturated carbocycles. The SMILES string of the molecule is O=S(=O)(c1ccc(Cl)cc1)N1[C@@H](I)COC[C@H]1C1CC1. The summed E-state index contributed by atoms with van der Waals surface area (Å²) in [5.74, 6) is 0.439. The number of ether oxygens (including phenoxy) is 1. The highest BCUT2D eigenvalue weighted by Gasteiger charge is 2.46. The lowest BCUT2D eigenvalue weighted by Crippen LogP contribution is -2.53. The van der Waals surface area contributed by atoms with Crippen molar-refractivity contribution in [1.82, 2.24) is 4.31 Å². The van der Waals surface area contributed by atoms with Crippen molar-refractivity contribution in [2.75, 3.05) is 13.2 Å². The van der Waals surface area contributed by atoms with E-state index in [4.69, 9.17) is 16.3 Å². The lowest BCUT2D eigenvalue weighted by atomic mass is 10.2. The van der Waals surface area contributed by atoms with Gasteiger partial charge >= 0.3 is 0 Å². The van der Waals surface area contributed by atoms with Crippen molar-refractivity contribution < 1.29 is 13.2 Å². The topological polar surface area (TPSA) is 46.6 Å². The molecule has 20 heavy (non-hydrogen) atoms. The Hall–Kier alpha value is 0.110. The van der Waals surface area contributed by atoms with Gasteiger partial charge < -0.3 is 4.74 Å². The molecule has 0 spiro atoms. The van der Waals surface area contributed by atoms with Gasteiger partial charge in [0.25, 0.3) is 0 Å². The van der Waals surface area contributed by atoms with Crippen LogP contribution < -0.4 is 0 Å². The van der Waals surface area contributed by atoms with Gasteiger partial charge in [0.2, 0.25) is 10.0 Å². The molecule has 0 N–H and O–H groups in total. The third kappa shape index (κ3) is 2.85. The highest BCUT2D eigenvalue weighted by molar-refractivity contribution is 14.1. The molecule has 110 valence electrons. The fourth-order valence-corrected chi connectivity index (χ4v) is 5.89. The molecule has 1 aliphatic heterocycles. The van der Waals surface area contributed by atoms with E-state index < -0.39 is 10.0 Å². The van der Waals surface area contributed by atoms with Crippen molar-refractivity contribution in [1.29, 1.82) is 0 Å². The van der Waals surface area contributed by atoms with Crippen LogP contribution in [0.2, 0.25) is 5.02 Å². The summed E-state index contributed by atoms with van der Waals surface area (Å²) in [6.07, 6.45) is 2.17. The molecular weight excluding hydrogens is 413 g/mol. The van der Waals surface area contributed by atoms with Crippen molar-refractivity contribution in [2.45, 2.75) is 27.8 Å². The molecule has 0 unspecified atom stereocenters. The van der Waals surface area contributed by atoms with Crippen LogP contribution >= 0.6 is 34.2 Å². The summed E-state index contributed by atoms with van der Waals surface area (Å²) in [6.45, 7) is 0.938. The zero-order chi connectivity index (χ0) is 14.3. The molecule has 0 amide bonds. The fraction of sp³-hybridized carbons (Fsp3) is 0.538. The quantitative estimate of drug-likeness (QED) is 0.423. The average Bonchev–Trinajstić information content (AvgIpc) is 3.23. The number of sulfonamides is 1. The predicted octanol–water partition coefficient (Wildman–Crippen LogP) is 2.90.